The zero-order chi connectivity index (χ0) is 32.0. The Morgan fingerprint density at radius 3 is 1.87 bits per heavy atom. The van der Waals surface area contributed by atoms with E-state index in [1.807, 2.05) is 60.7 Å². The number of likely N-dealkylation sites (tertiary alicyclic amines) is 1. The van der Waals surface area contributed by atoms with E-state index in [9.17, 15) is 0 Å². The summed E-state index contributed by atoms with van der Waals surface area (Å²) in [5.74, 6) is 2.53. The van der Waals surface area contributed by atoms with E-state index < -0.39 is 0 Å². The van der Waals surface area contributed by atoms with Gasteiger partial charge in [0.25, 0.3) is 0 Å². The zero-order valence-electron chi connectivity index (χ0n) is 26.8. The van der Waals surface area contributed by atoms with E-state index in [1.165, 1.54) is 59.0 Å². The molecule has 0 N–H and O–H groups in total. The number of hydrogen-bond donors (Lipinski definition) is 0. The van der Waals surface area contributed by atoms with Crippen molar-refractivity contribution < 1.29 is 9.47 Å². The maximum Gasteiger partial charge on any atom is 0.129 e. The van der Waals surface area contributed by atoms with Crippen LogP contribution in [0.25, 0.3) is 21.8 Å². The van der Waals surface area contributed by atoms with Gasteiger partial charge in [0.1, 0.15) is 24.7 Å². The smallest absolute Gasteiger partial charge is 0.129 e. The summed E-state index contributed by atoms with van der Waals surface area (Å²) in [6, 6.07) is 34.2. The molecule has 7 heteroatoms. The Morgan fingerprint density at radius 1 is 0.674 bits per heavy atom. The molecule has 0 aliphatic carbocycles. The van der Waals surface area contributed by atoms with Crippen LogP contribution in [0.4, 0.5) is 0 Å². The van der Waals surface area contributed by atoms with Gasteiger partial charge in [-0.05, 0) is 110 Å². The molecule has 1 aliphatic rings. The lowest BCUT2D eigenvalue weighted by Gasteiger charge is -2.30. The van der Waals surface area contributed by atoms with Crippen molar-refractivity contribution in [2.45, 2.75) is 39.5 Å². The molecular formula is C39H41Cl2N3O2. The largest absolute Gasteiger partial charge is 0.487 e. The molecule has 238 valence electrons. The molecular weight excluding hydrogens is 613 g/mol. The van der Waals surface area contributed by atoms with Gasteiger partial charge in [0.15, 0.2) is 0 Å². The summed E-state index contributed by atoms with van der Waals surface area (Å²) in [6.45, 7) is 6.83. The second kappa shape index (κ2) is 14.7. The van der Waals surface area contributed by atoms with Crippen molar-refractivity contribution in [2.75, 3.05) is 13.1 Å². The Bertz CT molecular complexity index is 1890. The SMILES string of the molecule is CC1CCN(Cc2c(COc3ccc(Cl)cc3)n(C)c3ccccc23)CC1.Cn1c(COc2ccc(Cl)cc2)cc2ccccc21. The quantitative estimate of drug-likeness (QED) is 0.164. The number of piperidine rings is 1. The minimum atomic E-state index is 0.548. The number of benzene rings is 4. The highest BCUT2D eigenvalue weighted by atomic mass is 35.5. The number of aromatic nitrogens is 2. The van der Waals surface area contributed by atoms with Crippen molar-refractivity contribution >= 4 is 45.0 Å². The van der Waals surface area contributed by atoms with Crippen LogP contribution in [0.3, 0.4) is 0 Å². The lowest BCUT2D eigenvalue weighted by atomic mass is 9.98. The summed E-state index contributed by atoms with van der Waals surface area (Å²) in [4.78, 5) is 2.59. The predicted octanol–water partition coefficient (Wildman–Crippen LogP) is 10.1. The minimum Gasteiger partial charge on any atom is -0.487 e. The molecule has 1 aliphatic heterocycles. The van der Waals surface area contributed by atoms with Crippen LogP contribution in [0.1, 0.15) is 36.7 Å². The van der Waals surface area contributed by atoms with Crippen LogP contribution >= 0.6 is 23.2 Å². The van der Waals surface area contributed by atoms with Crippen LogP contribution in [0, 0.1) is 5.92 Å². The first-order chi connectivity index (χ1) is 22.4. The van der Waals surface area contributed by atoms with Gasteiger partial charge in [-0.2, -0.15) is 0 Å². The van der Waals surface area contributed by atoms with Crippen LogP contribution < -0.4 is 9.47 Å². The third kappa shape index (κ3) is 7.55. The molecule has 0 saturated carbocycles. The second-order valence-electron chi connectivity index (χ2n) is 12.2. The molecule has 5 nitrogen and oxygen atoms in total. The van der Waals surface area contributed by atoms with E-state index in [0.29, 0.717) is 13.2 Å². The van der Waals surface area contributed by atoms with E-state index >= 15 is 0 Å². The molecule has 0 bridgehead atoms. The Kier molecular flexibility index (Phi) is 10.2. The van der Waals surface area contributed by atoms with Crippen molar-refractivity contribution in [3.8, 4) is 11.5 Å². The summed E-state index contributed by atoms with van der Waals surface area (Å²) in [6.07, 6.45) is 2.59. The maximum absolute atomic E-state index is 6.11. The highest BCUT2D eigenvalue weighted by Crippen LogP contribution is 2.30. The van der Waals surface area contributed by atoms with Crippen LogP contribution in [0.2, 0.25) is 10.0 Å². The first kappa shape index (κ1) is 32.1. The Hall–Kier alpha value is -3.90. The van der Waals surface area contributed by atoms with E-state index in [1.54, 1.807) is 0 Å². The van der Waals surface area contributed by atoms with Crippen molar-refractivity contribution in [2.24, 2.45) is 20.0 Å². The molecule has 2 aromatic heterocycles. The molecule has 0 atom stereocenters. The van der Waals surface area contributed by atoms with Crippen LogP contribution in [-0.2, 0) is 33.9 Å². The second-order valence-corrected chi connectivity index (χ2v) is 13.1. The van der Waals surface area contributed by atoms with Gasteiger partial charge in [-0.25, -0.2) is 0 Å². The molecule has 7 rings (SSSR count). The number of rotatable bonds is 8. The average molecular weight is 655 g/mol. The molecule has 3 heterocycles. The molecule has 4 aromatic carbocycles. The maximum atomic E-state index is 6.11. The van der Waals surface area contributed by atoms with Crippen molar-refractivity contribution in [1.29, 1.82) is 0 Å². The standard InChI is InChI=1S/C23H27ClN2O.C16H14ClNO/c1-17-11-13-26(14-12-17)15-21-20-5-3-4-6-22(20)25(2)23(21)16-27-19-9-7-18(24)8-10-19;1-18-14(10-12-4-2-3-5-16(12)18)11-19-15-8-6-13(17)7-9-15/h3-10,17H,11-16H2,1-2H3;2-10H,11H2,1H3. The highest BCUT2D eigenvalue weighted by molar-refractivity contribution is 6.30. The lowest BCUT2D eigenvalue weighted by Crippen LogP contribution is -2.32. The molecule has 46 heavy (non-hydrogen) atoms. The van der Waals surface area contributed by atoms with Gasteiger partial charge in [0, 0.05) is 47.1 Å². The van der Waals surface area contributed by atoms with Gasteiger partial charge < -0.3 is 18.6 Å². The molecule has 0 amide bonds. The summed E-state index contributed by atoms with van der Waals surface area (Å²) < 4.78 is 16.3. The Labute approximate surface area is 281 Å². The first-order valence-electron chi connectivity index (χ1n) is 15.9. The molecule has 1 fully saturated rings. The number of hydrogen-bond acceptors (Lipinski definition) is 3. The minimum absolute atomic E-state index is 0.548. The molecule has 0 unspecified atom stereocenters. The summed E-state index contributed by atoms with van der Waals surface area (Å²) in [5.41, 5.74) is 6.29. The third-order valence-electron chi connectivity index (χ3n) is 9.04. The molecule has 1 saturated heterocycles. The monoisotopic (exact) mass is 653 g/mol. The topological polar surface area (TPSA) is 31.6 Å². The van der Waals surface area contributed by atoms with Gasteiger partial charge in [-0.15, -0.1) is 0 Å². The van der Waals surface area contributed by atoms with E-state index in [0.717, 1.165) is 39.7 Å². The van der Waals surface area contributed by atoms with Gasteiger partial charge in [-0.3, -0.25) is 4.90 Å². The normalized spacial score (nSPS) is 13.9. The molecule has 6 aromatic rings. The highest BCUT2D eigenvalue weighted by Gasteiger charge is 2.21. The summed E-state index contributed by atoms with van der Waals surface area (Å²) in [5, 5.41) is 4.02. The molecule has 0 radical (unpaired) electrons. The fourth-order valence-electron chi connectivity index (χ4n) is 6.18. The molecule has 0 spiro atoms. The zero-order valence-corrected chi connectivity index (χ0v) is 28.3. The van der Waals surface area contributed by atoms with Crippen molar-refractivity contribution in [3.63, 3.8) is 0 Å². The lowest BCUT2D eigenvalue weighted by molar-refractivity contribution is 0.184. The summed E-state index contributed by atoms with van der Waals surface area (Å²) in [7, 11) is 4.20. The van der Waals surface area contributed by atoms with Crippen LogP contribution in [-0.4, -0.2) is 27.1 Å². The fourth-order valence-corrected chi connectivity index (χ4v) is 6.44. The van der Waals surface area contributed by atoms with Gasteiger partial charge in [0.05, 0.1) is 11.4 Å². The Morgan fingerprint density at radius 2 is 1.24 bits per heavy atom. The number of para-hydroxylation sites is 2. The van der Waals surface area contributed by atoms with Crippen molar-refractivity contribution in [3.05, 3.63) is 130 Å². The first-order valence-corrected chi connectivity index (χ1v) is 16.7. The van der Waals surface area contributed by atoms with Crippen LogP contribution in [0.15, 0.2) is 103 Å². The van der Waals surface area contributed by atoms with Gasteiger partial charge in [-0.1, -0.05) is 66.5 Å². The van der Waals surface area contributed by atoms with E-state index in [2.05, 4.69) is 77.5 Å². The number of halogens is 2. The average Bonchev–Trinajstić information content (AvgIpc) is 3.54. The van der Waals surface area contributed by atoms with E-state index in [4.69, 9.17) is 32.7 Å². The predicted molar refractivity (Wildman–Crippen MR) is 191 cm³/mol. The number of ether oxygens (including phenoxy) is 2. The van der Waals surface area contributed by atoms with Crippen LogP contribution in [0.5, 0.6) is 11.5 Å². The van der Waals surface area contributed by atoms with Gasteiger partial charge in [0.2, 0.25) is 0 Å². The number of fused-ring (bicyclic) bond motifs is 2. The van der Waals surface area contributed by atoms with Gasteiger partial charge >= 0.3 is 0 Å². The fraction of sp³-hybridized carbons (Fsp3) is 0.282. The van der Waals surface area contributed by atoms with Crippen molar-refractivity contribution in [1.82, 2.24) is 14.0 Å². The van der Waals surface area contributed by atoms with E-state index in [-0.39, 0.29) is 0 Å². The Balaban J connectivity index is 0.000000172. The number of nitrogens with zero attached hydrogens (tertiary/aromatic N) is 3. The summed E-state index contributed by atoms with van der Waals surface area (Å²) >= 11 is 11.8. The third-order valence-corrected chi connectivity index (χ3v) is 9.55. The number of aryl methyl sites for hydroxylation is 2.